The molecule has 0 spiro atoms. The lowest BCUT2D eigenvalue weighted by atomic mass is 10.1. The first-order valence-corrected chi connectivity index (χ1v) is 9.97. The number of hydrogen-bond acceptors (Lipinski definition) is 9. The first-order valence-electron chi connectivity index (χ1n) is 9.97. The number of carboxylic acid groups (broad SMARTS) is 1. The summed E-state index contributed by atoms with van der Waals surface area (Å²) in [6, 6.07) is 2.79. The second-order valence-corrected chi connectivity index (χ2v) is 7.17. The highest BCUT2D eigenvalue weighted by molar-refractivity contribution is 5.86. The molecule has 172 valence electrons. The Balaban J connectivity index is 1.90. The van der Waals surface area contributed by atoms with Gasteiger partial charge in [-0.05, 0) is 18.9 Å². The minimum Gasteiger partial charge on any atom is -0.477 e. The zero-order chi connectivity index (χ0) is 23.1. The Labute approximate surface area is 178 Å². The van der Waals surface area contributed by atoms with Crippen molar-refractivity contribution in [2.24, 2.45) is 0 Å². The van der Waals surface area contributed by atoms with E-state index in [1.165, 1.54) is 29.1 Å². The zero-order valence-corrected chi connectivity index (χ0v) is 17.3. The summed E-state index contributed by atoms with van der Waals surface area (Å²) in [6.07, 6.45) is -3.82. The summed E-state index contributed by atoms with van der Waals surface area (Å²) in [4.78, 5) is 34.9. The number of rotatable bonds is 10. The summed E-state index contributed by atoms with van der Waals surface area (Å²) >= 11 is 0. The molecule has 2 rings (SSSR count). The highest BCUT2D eigenvalue weighted by Crippen LogP contribution is 2.26. The molecule has 1 fully saturated rings. The van der Waals surface area contributed by atoms with Crippen molar-refractivity contribution in [3.05, 3.63) is 30.1 Å². The van der Waals surface area contributed by atoms with Crippen molar-refractivity contribution in [2.45, 2.75) is 69.9 Å². The van der Waals surface area contributed by atoms with Crippen LogP contribution in [0, 0.1) is 0 Å². The van der Waals surface area contributed by atoms with E-state index in [-0.39, 0.29) is 11.7 Å². The van der Waals surface area contributed by atoms with Gasteiger partial charge in [-0.2, -0.15) is 4.57 Å². The monoisotopic (exact) mass is 442 g/mol. The van der Waals surface area contributed by atoms with Gasteiger partial charge in [0.05, 0.1) is 6.42 Å². The molecule has 4 N–H and O–H groups in total. The number of carbonyl (C=O) groups excluding carboxylic acids is 2. The summed E-state index contributed by atoms with van der Waals surface area (Å²) in [5, 5.41) is 39.4. The second kappa shape index (κ2) is 11.1. The number of aromatic carboxylic acids is 1. The van der Waals surface area contributed by atoms with Crippen LogP contribution in [0.2, 0.25) is 0 Å². The Morgan fingerprint density at radius 3 is 2.48 bits per heavy atom. The van der Waals surface area contributed by atoms with Crippen LogP contribution in [0.15, 0.2) is 24.5 Å². The molecule has 1 saturated heterocycles. The Kier molecular flexibility index (Phi) is 8.87. The lowest BCUT2D eigenvalue weighted by molar-refractivity contribution is -0.765. The van der Waals surface area contributed by atoms with Crippen LogP contribution in [-0.2, 0) is 23.8 Å². The molecule has 11 nitrogen and oxygen atoms in total. The van der Waals surface area contributed by atoms with Crippen LogP contribution in [0.4, 0.5) is 0 Å². The number of aromatic nitrogens is 1. The second-order valence-electron chi connectivity index (χ2n) is 7.17. The topological polar surface area (TPSA) is 164 Å². The first kappa shape index (κ1) is 24.7. The Morgan fingerprint density at radius 1 is 1.19 bits per heavy atom. The average Bonchev–Trinajstić information content (AvgIpc) is 3.04. The summed E-state index contributed by atoms with van der Waals surface area (Å²) in [5.74, 6) is -3.01. The molecule has 1 aromatic heterocycles. The van der Waals surface area contributed by atoms with Crippen molar-refractivity contribution in [1.29, 1.82) is 0 Å². The third-order valence-corrected chi connectivity index (χ3v) is 4.93. The summed E-state index contributed by atoms with van der Waals surface area (Å²) in [7, 11) is 0. The van der Waals surface area contributed by atoms with E-state index in [9.17, 15) is 29.7 Å². The molecule has 5 atom stereocenters. The van der Waals surface area contributed by atoms with Crippen molar-refractivity contribution in [1.82, 2.24) is 0 Å². The van der Waals surface area contributed by atoms with Crippen LogP contribution < -0.4 is 4.57 Å². The third-order valence-electron chi connectivity index (χ3n) is 4.93. The highest BCUT2D eigenvalue weighted by atomic mass is 16.6. The summed E-state index contributed by atoms with van der Waals surface area (Å²) < 4.78 is 16.8. The Morgan fingerprint density at radius 2 is 1.87 bits per heavy atom. The molecule has 31 heavy (non-hydrogen) atoms. The van der Waals surface area contributed by atoms with Gasteiger partial charge in [0.15, 0.2) is 24.6 Å². The molecule has 0 amide bonds. The van der Waals surface area contributed by atoms with Gasteiger partial charge in [0, 0.05) is 6.07 Å². The number of hydrogen-bond donors (Lipinski definition) is 4. The SMILES string of the molecule is CCC(CC)OC(=O)C[C@H](O)C(=O)OC[C@H]1O[C@@H]([n+]2cccc(C(=O)O)c2)[C@H](O)[C@@H]1O. The van der Waals surface area contributed by atoms with Gasteiger partial charge in [0.1, 0.15) is 30.5 Å². The fraction of sp³-hybridized carbons (Fsp3) is 0.600. The molecule has 0 aromatic carbocycles. The van der Waals surface area contributed by atoms with Crippen LogP contribution in [-0.4, -0.2) is 75.5 Å². The van der Waals surface area contributed by atoms with E-state index in [4.69, 9.17) is 19.3 Å². The first-order chi connectivity index (χ1) is 14.7. The highest BCUT2D eigenvalue weighted by Gasteiger charge is 2.49. The van der Waals surface area contributed by atoms with Crippen molar-refractivity contribution in [2.75, 3.05) is 6.61 Å². The number of carboxylic acids is 1. The standard InChI is InChI=1S/C20H27NO10/c1-3-12(4-2)30-15(23)8-13(22)20(28)29-10-14-16(24)17(25)18(31-14)21-7-5-6-11(9-21)19(26)27/h5-7,9,12-14,16-18,22,24-25H,3-4,8,10H2,1-2H3/p+1/t13-,14+,16+,17+,18+/m0/s1. The van der Waals surface area contributed by atoms with Gasteiger partial charge in [-0.15, -0.1) is 0 Å². The van der Waals surface area contributed by atoms with Crippen molar-refractivity contribution >= 4 is 17.9 Å². The van der Waals surface area contributed by atoms with Gasteiger partial charge >= 0.3 is 17.9 Å². The fourth-order valence-corrected chi connectivity index (χ4v) is 3.08. The van der Waals surface area contributed by atoms with Crippen LogP contribution in [0.3, 0.4) is 0 Å². The maximum Gasteiger partial charge on any atom is 0.341 e. The quantitative estimate of drug-likeness (QED) is 0.269. The summed E-state index contributed by atoms with van der Waals surface area (Å²) in [5.41, 5.74) is -0.0499. The zero-order valence-electron chi connectivity index (χ0n) is 17.3. The number of esters is 2. The van der Waals surface area contributed by atoms with E-state index in [1.807, 2.05) is 13.8 Å². The van der Waals surface area contributed by atoms with E-state index in [0.717, 1.165) is 0 Å². The van der Waals surface area contributed by atoms with Crippen molar-refractivity contribution in [3.63, 3.8) is 0 Å². The molecule has 0 radical (unpaired) electrons. The van der Waals surface area contributed by atoms with Crippen LogP contribution in [0.25, 0.3) is 0 Å². The predicted molar refractivity (Wildman–Crippen MR) is 102 cm³/mol. The number of ether oxygens (including phenoxy) is 3. The van der Waals surface area contributed by atoms with E-state index < -0.39 is 61.6 Å². The van der Waals surface area contributed by atoms with Gasteiger partial charge in [0.25, 0.3) is 6.23 Å². The molecule has 0 aliphatic carbocycles. The van der Waals surface area contributed by atoms with Crippen LogP contribution >= 0.6 is 0 Å². The number of aliphatic hydroxyl groups is 3. The minimum atomic E-state index is -1.75. The molecule has 1 aliphatic rings. The number of carbonyl (C=O) groups is 3. The molecule has 1 aliphatic heterocycles. The lowest BCUT2D eigenvalue weighted by Crippen LogP contribution is -2.46. The Bertz CT molecular complexity index is 781. The largest absolute Gasteiger partial charge is 0.477 e. The third kappa shape index (κ3) is 6.44. The maximum absolute atomic E-state index is 12.0. The summed E-state index contributed by atoms with van der Waals surface area (Å²) in [6.45, 7) is 3.19. The molecule has 0 bridgehead atoms. The Hall–Kier alpha value is -2.60. The van der Waals surface area contributed by atoms with Gasteiger partial charge in [-0.25, -0.2) is 9.59 Å². The lowest BCUT2D eigenvalue weighted by Gasteiger charge is -2.17. The van der Waals surface area contributed by atoms with Gasteiger partial charge in [-0.1, -0.05) is 13.8 Å². The molecule has 1 aromatic rings. The predicted octanol–water partition coefficient (Wildman–Crippen LogP) is -0.682. The molecule has 0 unspecified atom stereocenters. The number of aliphatic hydroxyl groups excluding tert-OH is 3. The number of nitrogens with zero attached hydrogens (tertiary/aromatic N) is 1. The molecule has 2 heterocycles. The molecule has 11 heteroatoms. The van der Waals surface area contributed by atoms with E-state index in [0.29, 0.717) is 12.8 Å². The number of pyridine rings is 1. The molecular weight excluding hydrogens is 414 g/mol. The van der Waals surface area contributed by atoms with E-state index in [2.05, 4.69) is 0 Å². The van der Waals surface area contributed by atoms with Crippen molar-refractivity contribution < 1.29 is 53.6 Å². The van der Waals surface area contributed by atoms with Gasteiger partial charge in [0.2, 0.25) is 0 Å². The average molecular weight is 442 g/mol. The van der Waals surface area contributed by atoms with Crippen LogP contribution in [0.1, 0.15) is 49.7 Å². The van der Waals surface area contributed by atoms with Crippen LogP contribution in [0.5, 0.6) is 0 Å². The van der Waals surface area contributed by atoms with Gasteiger partial charge < -0.3 is 34.6 Å². The maximum atomic E-state index is 12.0. The van der Waals surface area contributed by atoms with E-state index >= 15 is 0 Å². The van der Waals surface area contributed by atoms with Crippen molar-refractivity contribution in [3.8, 4) is 0 Å². The van der Waals surface area contributed by atoms with E-state index in [1.54, 1.807) is 0 Å². The fourth-order valence-electron chi connectivity index (χ4n) is 3.08. The molecule has 0 saturated carbocycles. The minimum absolute atomic E-state index is 0.0499. The smallest absolute Gasteiger partial charge is 0.341 e. The molecular formula is C20H28NO10+. The van der Waals surface area contributed by atoms with Gasteiger partial charge in [-0.3, -0.25) is 4.79 Å². The normalized spacial score (nSPS) is 24.1.